The lowest BCUT2D eigenvalue weighted by atomic mass is 10.1. The number of hydrogen-bond acceptors (Lipinski definition) is 5. The second-order valence-electron chi connectivity index (χ2n) is 5.62. The van der Waals surface area contributed by atoms with E-state index in [1.54, 1.807) is 6.92 Å². The first-order valence-corrected chi connectivity index (χ1v) is 8.81. The van der Waals surface area contributed by atoms with Crippen molar-refractivity contribution < 1.29 is 18.3 Å². The fraction of sp³-hybridized carbons (Fsp3) is 0.211. The van der Waals surface area contributed by atoms with E-state index in [4.69, 9.17) is 0 Å². The Morgan fingerprint density at radius 3 is 2.46 bits per heavy atom. The third-order valence-corrected chi connectivity index (χ3v) is 4.80. The molecule has 2 aromatic carbocycles. The van der Waals surface area contributed by atoms with Gasteiger partial charge in [0.25, 0.3) is 0 Å². The largest absolute Gasteiger partial charge is 0.435 e. The molecule has 7 heteroatoms. The van der Waals surface area contributed by atoms with Crippen molar-refractivity contribution in [3.63, 3.8) is 0 Å². The molecular formula is C19H16F2N2O2S. The van der Waals surface area contributed by atoms with Gasteiger partial charge in [0, 0.05) is 10.9 Å². The van der Waals surface area contributed by atoms with E-state index in [2.05, 4.69) is 14.7 Å². The molecule has 0 fully saturated rings. The summed E-state index contributed by atoms with van der Waals surface area (Å²) >= 11 is 1.35. The lowest BCUT2D eigenvalue weighted by Gasteiger charge is -2.12. The number of halogens is 2. The number of carbonyl (C=O) groups is 1. The number of ether oxygens (including phenoxy) is 1. The summed E-state index contributed by atoms with van der Waals surface area (Å²) in [6, 6.07) is 13.3. The molecule has 0 saturated heterocycles. The summed E-state index contributed by atoms with van der Waals surface area (Å²) in [5.74, 6) is 0.549. The normalized spacial score (nSPS) is 12.3. The number of benzene rings is 2. The molecule has 134 valence electrons. The van der Waals surface area contributed by atoms with Crippen LogP contribution in [0.1, 0.15) is 23.1 Å². The third kappa shape index (κ3) is 4.16. The topological polar surface area (TPSA) is 52.1 Å². The Morgan fingerprint density at radius 1 is 1.08 bits per heavy atom. The van der Waals surface area contributed by atoms with Gasteiger partial charge in [-0.3, -0.25) is 4.79 Å². The monoisotopic (exact) mass is 374 g/mol. The summed E-state index contributed by atoms with van der Waals surface area (Å²) in [5.41, 5.74) is 1.26. The van der Waals surface area contributed by atoms with Gasteiger partial charge in [-0.15, -0.1) is 0 Å². The van der Waals surface area contributed by atoms with E-state index < -0.39 is 11.9 Å². The molecule has 0 spiro atoms. The standard InChI is InChI=1S/C19H16F2N2O2S/c1-11(17(24)13-7-9-14(10-8-13)25-19(20)21)26-18-15-5-3-4-6-16(15)22-12(2)23-18/h3-11,19H,1-2H3/t11-/m0/s1. The Morgan fingerprint density at radius 2 is 1.77 bits per heavy atom. The summed E-state index contributed by atoms with van der Waals surface area (Å²) in [7, 11) is 0. The van der Waals surface area contributed by atoms with Crippen molar-refractivity contribution in [2.24, 2.45) is 0 Å². The van der Waals surface area contributed by atoms with E-state index in [9.17, 15) is 13.6 Å². The molecule has 0 aliphatic rings. The van der Waals surface area contributed by atoms with Gasteiger partial charge in [0.05, 0.1) is 10.8 Å². The Kier molecular flexibility index (Phi) is 5.46. The molecule has 3 rings (SSSR count). The molecule has 3 aromatic rings. The summed E-state index contributed by atoms with van der Waals surface area (Å²) in [4.78, 5) is 21.5. The number of aromatic nitrogens is 2. The van der Waals surface area contributed by atoms with Crippen molar-refractivity contribution in [2.75, 3.05) is 0 Å². The van der Waals surface area contributed by atoms with Crippen LogP contribution >= 0.6 is 11.8 Å². The number of Topliss-reactive ketones (excluding diaryl/α,β-unsaturated/α-hetero) is 1. The smallest absolute Gasteiger partial charge is 0.387 e. The number of alkyl halides is 2. The molecule has 0 bridgehead atoms. The molecule has 0 aliphatic heterocycles. The molecule has 0 aliphatic carbocycles. The Labute approximate surface area is 153 Å². The minimum atomic E-state index is -2.89. The van der Waals surface area contributed by atoms with Gasteiger partial charge >= 0.3 is 6.61 Å². The van der Waals surface area contributed by atoms with E-state index in [1.807, 2.05) is 31.2 Å². The minimum Gasteiger partial charge on any atom is -0.435 e. The van der Waals surface area contributed by atoms with Crippen LogP contribution in [0, 0.1) is 6.92 Å². The van der Waals surface area contributed by atoms with Gasteiger partial charge in [-0.05, 0) is 44.2 Å². The van der Waals surface area contributed by atoms with E-state index in [0.29, 0.717) is 11.4 Å². The van der Waals surface area contributed by atoms with Crippen molar-refractivity contribution >= 4 is 28.4 Å². The van der Waals surface area contributed by atoms with Crippen molar-refractivity contribution in [3.05, 3.63) is 59.9 Å². The molecule has 0 amide bonds. The molecule has 4 nitrogen and oxygen atoms in total. The van der Waals surface area contributed by atoms with Crippen LogP contribution in [-0.2, 0) is 0 Å². The Balaban J connectivity index is 1.79. The summed E-state index contributed by atoms with van der Waals surface area (Å²) in [6.07, 6.45) is 0. The zero-order valence-corrected chi connectivity index (χ0v) is 15.0. The van der Waals surface area contributed by atoms with Crippen molar-refractivity contribution in [3.8, 4) is 5.75 Å². The molecule has 26 heavy (non-hydrogen) atoms. The fourth-order valence-corrected chi connectivity index (χ4v) is 3.57. The lowest BCUT2D eigenvalue weighted by Crippen LogP contribution is -2.14. The highest BCUT2D eigenvalue weighted by Crippen LogP contribution is 2.30. The number of rotatable bonds is 6. The van der Waals surface area contributed by atoms with Gasteiger partial charge in [0.2, 0.25) is 0 Å². The van der Waals surface area contributed by atoms with Gasteiger partial charge in [-0.25, -0.2) is 9.97 Å². The van der Waals surface area contributed by atoms with Gasteiger partial charge in [-0.1, -0.05) is 30.0 Å². The van der Waals surface area contributed by atoms with Crippen LogP contribution < -0.4 is 4.74 Å². The third-order valence-electron chi connectivity index (χ3n) is 3.70. The Hall–Kier alpha value is -2.54. The average molecular weight is 374 g/mol. The fourth-order valence-electron chi connectivity index (χ4n) is 2.50. The zero-order chi connectivity index (χ0) is 18.7. The Bertz CT molecular complexity index is 932. The van der Waals surface area contributed by atoms with E-state index in [0.717, 1.165) is 15.9 Å². The number of thioether (sulfide) groups is 1. The second kappa shape index (κ2) is 7.78. The minimum absolute atomic E-state index is 0.0225. The summed E-state index contributed by atoms with van der Waals surface area (Å²) in [5, 5.41) is 1.24. The maximum Gasteiger partial charge on any atom is 0.387 e. The number of para-hydroxylation sites is 1. The molecule has 1 atom stereocenters. The second-order valence-corrected chi connectivity index (χ2v) is 6.95. The van der Waals surface area contributed by atoms with E-state index >= 15 is 0 Å². The molecule has 0 unspecified atom stereocenters. The average Bonchev–Trinajstić information content (AvgIpc) is 2.61. The lowest BCUT2D eigenvalue weighted by molar-refractivity contribution is -0.0498. The maximum absolute atomic E-state index is 12.7. The van der Waals surface area contributed by atoms with Gasteiger partial charge < -0.3 is 4.74 Å². The molecule has 0 radical (unpaired) electrons. The molecule has 0 N–H and O–H groups in total. The van der Waals surface area contributed by atoms with Crippen molar-refractivity contribution in [1.82, 2.24) is 9.97 Å². The highest BCUT2D eigenvalue weighted by atomic mass is 32.2. The zero-order valence-electron chi connectivity index (χ0n) is 14.1. The van der Waals surface area contributed by atoms with Crippen LogP contribution in [0.25, 0.3) is 10.9 Å². The van der Waals surface area contributed by atoms with Crippen LogP contribution in [0.15, 0.2) is 53.6 Å². The highest BCUT2D eigenvalue weighted by Gasteiger charge is 2.19. The molecular weight excluding hydrogens is 358 g/mol. The predicted octanol–water partition coefficient (Wildman–Crippen LogP) is 4.90. The number of carbonyl (C=O) groups excluding carboxylic acids is 1. The number of hydrogen-bond donors (Lipinski definition) is 0. The number of nitrogens with zero attached hydrogens (tertiary/aromatic N) is 2. The molecule has 1 aromatic heterocycles. The van der Waals surface area contributed by atoms with Crippen LogP contribution in [0.2, 0.25) is 0 Å². The van der Waals surface area contributed by atoms with Crippen LogP contribution in [0.5, 0.6) is 5.75 Å². The predicted molar refractivity (Wildman–Crippen MR) is 97.0 cm³/mol. The first kappa shape index (κ1) is 18.3. The van der Waals surface area contributed by atoms with Crippen molar-refractivity contribution in [2.45, 2.75) is 30.7 Å². The van der Waals surface area contributed by atoms with Gasteiger partial charge in [-0.2, -0.15) is 8.78 Å². The molecule has 1 heterocycles. The SMILES string of the molecule is Cc1nc(S[C@@H](C)C(=O)c2ccc(OC(F)F)cc2)c2ccccc2n1. The van der Waals surface area contributed by atoms with E-state index in [1.165, 1.54) is 36.0 Å². The molecule has 0 saturated carbocycles. The van der Waals surface area contributed by atoms with Crippen LogP contribution in [-0.4, -0.2) is 27.6 Å². The number of aryl methyl sites for hydroxylation is 1. The first-order valence-electron chi connectivity index (χ1n) is 7.93. The quantitative estimate of drug-likeness (QED) is 0.349. The van der Waals surface area contributed by atoms with Gasteiger partial charge in [0.15, 0.2) is 5.78 Å². The first-order chi connectivity index (χ1) is 12.4. The van der Waals surface area contributed by atoms with Crippen LogP contribution in [0.4, 0.5) is 8.78 Å². The van der Waals surface area contributed by atoms with Crippen LogP contribution in [0.3, 0.4) is 0 Å². The summed E-state index contributed by atoms with van der Waals surface area (Å²) in [6.45, 7) is 0.716. The highest BCUT2D eigenvalue weighted by molar-refractivity contribution is 8.00. The summed E-state index contributed by atoms with van der Waals surface area (Å²) < 4.78 is 28.7. The number of fused-ring (bicyclic) bond motifs is 1. The van der Waals surface area contributed by atoms with Crippen molar-refractivity contribution in [1.29, 1.82) is 0 Å². The van der Waals surface area contributed by atoms with E-state index in [-0.39, 0.29) is 11.5 Å². The maximum atomic E-state index is 12.7. The van der Waals surface area contributed by atoms with Gasteiger partial charge in [0.1, 0.15) is 16.6 Å². The number of ketones is 1.